The van der Waals surface area contributed by atoms with Crippen LogP contribution in [0.5, 0.6) is 0 Å². The summed E-state index contributed by atoms with van der Waals surface area (Å²) >= 11 is 5.48. The molecule has 0 fully saturated rings. The van der Waals surface area contributed by atoms with Crippen molar-refractivity contribution < 1.29 is 9.52 Å². The number of hydrogen-bond acceptors (Lipinski definition) is 2. The second-order valence-electron chi connectivity index (χ2n) is 2.58. The monoisotopic (exact) mass is 186 g/mol. The van der Waals surface area contributed by atoms with Gasteiger partial charge >= 0.3 is 0 Å². The molecule has 0 aliphatic heterocycles. The average Bonchev–Trinajstić information content (AvgIpc) is 2.32. The van der Waals surface area contributed by atoms with Gasteiger partial charge in [0.1, 0.15) is 5.76 Å². The predicted molar refractivity (Wildman–Crippen MR) is 48.2 cm³/mol. The van der Waals surface area contributed by atoms with E-state index in [0.29, 0.717) is 12.2 Å². The van der Waals surface area contributed by atoms with Gasteiger partial charge in [-0.2, -0.15) is 0 Å². The van der Waals surface area contributed by atoms with Gasteiger partial charge in [-0.1, -0.05) is 17.7 Å². The Balaban J connectivity index is 2.99. The van der Waals surface area contributed by atoms with Crippen LogP contribution >= 0.6 is 11.6 Å². The first-order valence-corrected chi connectivity index (χ1v) is 4.11. The minimum absolute atomic E-state index is 0.425. The van der Waals surface area contributed by atoms with Crippen LogP contribution in [0.1, 0.15) is 22.6 Å². The smallest absolute Gasteiger partial charge is 0.186 e. The first-order chi connectivity index (χ1) is 5.65. The number of furan rings is 1. The van der Waals surface area contributed by atoms with Gasteiger partial charge < -0.3 is 9.52 Å². The fraction of sp³-hybridized carbons (Fsp3) is 0.333. The Hall–Kier alpha value is -0.730. The van der Waals surface area contributed by atoms with Gasteiger partial charge in [-0.05, 0) is 19.4 Å². The number of alkyl halides is 1. The number of halogens is 1. The molecule has 1 rings (SSSR count). The van der Waals surface area contributed by atoms with Gasteiger partial charge in [0.2, 0.25) is 0 Å². The first-order valence-electron chi connectivity index (χ1n) is 3.67. The van der Waals surface area contributed by atoms with Gasteiger partial charge in [-0.15, -0.1) is 6.58 Å². The zero-order valence-electron chi connectivity index (χ0n) is 6.88. The number of aliphatic hydroxyl groups excluding tert-OH is 1. The molecule has 1 unspecified atom stereocenters. The second kappa shape index (κ2) is 3.78. The van der Waals surface area contributed by atoms with Crippen LogP contribution in [0.3, 0.4) is 0 Å². The minimum atomic E-state index is -1.06. The molecule has 0 spiro atoms. The normalized spacial score (nSPS) is 12.9. The van der Waals surface area contributed by atoms with E-state index < -0.39 is 5.56 Å². The number of aryl methyl sites for hydroxylation is 1. The summed E-state index contributed by atoms with van der Waals surface area (Å²) in [5, 5.41) is 9.08. The van der Waals surface area contributed by atoms with Crippen LogP contribution in [0.15, 0.2) is 23.1 Å². The minimum Gasteiger partial charge on any atom is -0.462 e. The molecule has 1 aromatic rings. The van der Waals surface area contributed by atoms with Crippen molar-refractivity contribution in [1.82, 2.24) is 0 Å². The van der Waals surface area contributed by atoms with Gasteiger partial charge in [-0.25, -0.2) is 0 Å². The highest BCUT2D eigenvalue weighted by molar-refractivity contribution is 6.19. The largest absolute Gasteiger partial charge is 0.462 e. The molecular weight excluding hydrogens is 176 g/mol. The molecule has 66 valence electrons. The quantitative estimate of drug-likeness (QED) is 0.582. The average molecular weight is 187 g/mol. The molecule has 0 radical (unpaired) electrons. The number of aliphatic hydroxyl groups is 1. The van der Waals surface area contributed by atoms with Crippen molar-refractivity contribution in [3.8, 4) is 0 Å². The van der Waals surface area contributed by atoms with E-state index in [4.69, 9.17) is 21.1 Å². The van der Waals surface area contributed by atoms with E-state index >= 15 is 0 Å². The zero-order valence-corrected chi connectivity index (χ0v) is 7.64. The van der Waals surface area contributed by atoms with Crippen LogP contribution in [0.4, 0.5) is 0 Å². The molecule has 0 aliphatic rings. The fourth-order valence-electron chi connectivity index (χ4n) is 1.10. The lowest BCUT2D eigenvalue weighted by Crippen LogP contribution is -1.90. The molecule has 0 aliphatic carbocycles. The first kappa shape index (κ1) is 9.36. The molecule has 0 saturated heterocycles. The number of allylic oxidation sites excluding steroid dienone is 1. The summed E-state index contributed by atoms with van der Waals surface area (Å²) in [4.78, 5) is 0. The van der Waals surface area contributed by atoms with Crippen LogP contribution < -0.4 is 0 Å². The van der Waals surface area contributed by atoms with Crippen LogP contribution in [0, 0.1) is 6.92 Å². The maximum absolute atomic E-state index is 9.08. The predicted octanol–water partition coefficient (Wildman–Crippen LogP) is 2.55. The maximum Gasteiger partial charge on any atom is 0.186 e. The lowest BCUT2D eigenvalue weighted by atomic mass is 10.2. The van der Waals surface area contributed by atoms with E-state index in [9.17, 15) is 0 Å². The Labute approximate surface area is 76.5 Å². The van der Waals surface area contributed by atoms with Crippen LogP contribution in [-0.4, -0.2) is 5.11 Å². The Morgan fingerprint density at radius 2 is 2.50 bits per heavy atom. The molecule has 0 aromatic carbocycles. The van der Waals surface area contributed by atoms with Gasteiger partial charge in [0.15, 0.2) is 11.3 Å². The van der Waals surface area contributed by atoms with Gasteiger partial charge in [0, 0.05) is 5.56 Å². The van der Waals surface area contributed by atoms with E-state index in [0.717, 1.165) is 11.3 Å². The van der Waals surface area contributed by atoms with Crippen molar-refractivity contribution in [2.75, 3.05) is 0 Å². The Morgan fingerprint density at radius 1 is 1.83 bits per heavy atom. The molecule has 0 saturated carbocycles. The van der Waals surface area contributed by atoms with Gasteiger partial charge in [0.05, 0.1) is 0 Å². The second-order valence-corrected chi connectivity index (χ2v) is 2.99. The molecule has 3 heteroatoms. The summed E-state index contributed by atoms with van der Waals surface area (Å²) in [5.41, 5.74) is -0.168. The molecular formula is C9H11ClO2. The zero-order chi connectivity index (χ0) is 9.14. The standard InChI is InChI=1S/C9H11ClO2/c1-3-4-7-5-6(2)12-8(7)9(10)11/h3,5,9,11H,1,4H2,2H3. The summed E-state index contributed by atoms with van der Waals surface area (Å²) in [7, 11) is 0. The highest BCUT2D eigenvalue weighted by atomic mass is 35.5. The number of hydrogen-bond donors (Lipinski definition) is 1. The van der Waals surface area contributed by atoms with Crippen LogP contribution in [0.2, 0.25) is 0 Å². The Kier molecular flexibility index (Phi) is 2.95. The van der Waals surface area contributed by atoms with Crippen LogP contribution in [-0.2, 0) is 6.42 Å². The summed E-state index contributed by atoms with van der Waals surface area (Å²) in [6.45, 7) is 5.41. The summed E-state index contributed by atoms with van der Waals surface area (Å²) in [6, 6.07) is 1.85. The highest BCUT2D eigenvalue weighted by Gasteiger charge is 2.13. The number of rotatable bonds is 3. The van der Waals surface area contributed by atoms with E-state index in [1.807, 2.05) is 13.0 Å². The van der Waals surface area contributed by atoms with E-state index in [1.165, 1.54) is 0 Å². The molecule has 0 bridgehead atoms. The Bertz CT molecular complexity index is 276. The third kappa shape index (κ3) is 1.90. The summed E-state index contributed by atoms with van der Waals surface area (Å²) in [5.74, 6) is 1.18. The van der Waals surface area contributed by atoms with Crippen molar-refractivity contribution in [2.45, 2.75) is 18.9 Å². The molecule has 12 heavy (non-hydrogen) atoms. The maximum atomic E-state index is 9.08. The van der Waals surface area contributed by atoms with Gasteiger partial charge in [0.25, 0.3) is 0 Å². The topological polar surface area (TPSA) is 33.4 Å². The van der Waals surface area contributed by atoms with Crippen LogP contribution in [0.25, 0.3) is 0 Å². The lowest BCUT2D eigenvalue weighted by molar-refractivity contribution is 0.226. The molecule has 2 nitrogen and oxygen atoms in total. The Morgan fingerprint density at radius 3 is 3.00 bits per heavy atom. The lowest BCUT2D eigenvalue weighted by Gasteiger charge is -1.99. The van der Waals surface area contributed by atoms with Crippen molar-refractivity contribution in [3.63, 3.8) is 0 Å². The SMILES string of the molecule is C=CCc1cc(C)oc1C(O)Cl. The summed E-state index contributed by atoms with van der Waals surface area (Å²) in [6.07, 6.45) is 2.41. The third-order valence-corrected chi connectivity index (χ3v) is 1.74. The van der Waals surface area contributed by atoms with Crippen molar-refractivity contribution in [1.29, 1.82) is 0 Å². The van der Waals surface area contributed by atoms with Crippen molar-refractivity contribution >= 4 is 11.6 Å². The van der Waals surface area contributed by atoms with Crippen molar-refractivity contribution in [2.24, 2.45) is 0 Å². The molecule has 1 heterocycles. The molecule has 1 N–H and O–H groups in total. The molecule has 0 amide bonds. The summed E-state index contributed by atoms with van der Waals surface area (Å²) < 4.78 is 5.20. The van der Waals surface area contributed by atoms with E-state index in [2.05, 4.69) is 6.58 Å². The van der Waals surface area contributed by atoms with E-state index in [1.54, 1.807) is 6.08 Å². The fourth-order valence-corrected chi connectivity index (χ4v) is 1.29. The highest BCUT2D eigenvalue weighted by Crippen LogP contribution is 2.25. The molecule has 1 aromatic heterocycles. The van der Waals surface area contributed by atoms with E-state index in [-0.39, 0.29) is 0 Å². The molecule has 1 atom stereocenters. The third-order valence-electron chi connectivity index (χ3n) is 1.55. The van der Waals surface area contributed by atoms with Gasteiger partial charge in [-0.3, -0.25) is 0 Å². The van der Waals surface area contributed by atoms with Crippen molar-refractivity contribution in [3.05, 3.63) is 35.8 Å².